The second-order valence-electron chi connectivity index (χ2n) is 5.38. The van der Waals surface area contributed by atoms with E-state index in [0.29, 0.717) is 0 Å². The first-order valence-electron chi connectivity index (χ1n) is 7.44. The van der Waals surface area contributed by atoms with Gasteiger partial charge in [-0.15, -0.1) is 21.5 Å². The van der Waals surface area contributed by atoms with Gasteiger partial charge in [-0.05, 0) is 26.0 Å². The molecule has 0 aliphatic carbocycles. The monoisotopic (exact) mass is 333 g/mol. The van der Waals surface area contributed by atoms with Gasteiger partial charge in [0.25, 0.3) is 0 Å². The molecule has 0 N–H and O–H groups in total. The predicted octanol–water partition coefficient (Wildman–Crippen LogP) is 1.66. The van der Waals surface area contributed by atoms with Crippen molar-refractivity contribution in [1.29, 1.82) is 0 Å². The van der Waals surface area contributed by atoms with Crippen LogP contribution in [0.1, 0.15) is 21.1 Å². The highest BCUT2D eigenvalue weighted by Crippen LogP contribution is 2.26. The molecule has 122 valence electrons. The van der Waals surface area contributed by atoms with E-state index in [-0.39, 0.29) is 5.69 Å². The van der Waals surface area contributed by atoms with Crippen LogP contribution in [0, 0.1) is 13.8 Å². The lowest BCUT2D eigenvalue weighted by molar-refractivity contribution is 0.0592. The van der Waals surface area contributed by atoms with Crippen LogP contribution in [0.5, 0.6) is 0 Å². The third kappa shape index (κ3) is 3.26. The Hall–Kier alpha value is -2.22. The van der Waals surface area contributed by atoms with Crippen molar-refractivity contribution in [1.82, 2.24) is 15.2 Å². The van der Waals surface area contributed by atoms with E-state index >= 15 is 0 Å². The number of hydrogen-bond donors (Lipinski definition) is 0. The molecular formula is C15H19N5O2S. The van der Waals surface area contributed by atoms with Gasteiger partial charge in [0.1, 0.15) is 0 Å². The second kappa shape index (κ2) is 6.49. The van der Waals surface area contributed by atoms with E-state index in [2.05, 4.69) is 36.6 Å². The van der Waals surface area contributed by atoms with Gasteiger partial charge >= 0.3 is 5.97 Å². The molecule has 0 saturated carbocycles. The highest BCUT2D eigenvalue weighted by Gasteiger charge is 2.21. The molecule has 23 heavy (non-hydrogen) atoms. The lowest BCUT2D eigenvalue weighted by Crippen LogP contribution is -2.46. The van der Waals surface area contributed by atoms with Crippen LogP contribution in [-0.4, -0.2) is 54.4 Å². The van der Waals surface area contributed by atoms with Crippen molar-refractivity contribution in [3.05, 3.63) is 28.4 Å². The van der Waals surface area contributed by atoms with Crippen molar-refractivity contribution in [3.8, 4) is 0 Å². The number of methoxy groups -OCH3 is 1. The zero-order chi connectivity index (χ0) is 16.4. The van der Waals surface area contributed by atoms with Gasteiger partial charge in [-0.25, -0.2) is 9.78 Å². The normalized spacial score (nSPS) is 14.9. The van der Waals surface area contributed by atoms with Crippen LogP contribution in [0.3, 0.4) is 0 Å². The highest BCUT2D eigenvalue weighted by atomic mass is 32.1. The summed E-state index contributed by atoms with van der Waals surface area (Å²) in [7, 11) is 1.33. The van der Waals surface area contributed by atoms with Crippen molar-refractivity contribution in [2.24, 2.45) is 0 Å². The number of ether oxygens (including phenoxy) is 1. The first-order chi connectivity index (χ1) is 11.1. The summed E-state index contributed by atoms with van der Waals surface area (Å²) in [6, 6.07) is 3.46. The molecule has 0 radical (unpaired) electrons. The topological polar surface area (TPSA) is 71.5 Å². The largest absolute Gasteiger partial charge is 0.464 e. The number of thiazole rings is 1. The molecule has 7 nitrogen and oxygen atoms in total. The van der Waals surface area contributed by atoms with Gasteiger partial charge in [-0.2, -0.15) is 0 Å². The summed E-state index contributed by atoms with van der Waals surface area (Å²) in [6.45, 7) is 7.64. The lowest BCUT2D eigenvalue weighted by Gasteiger charge is -2.35. The average molecular weight is 333 g/mol. The molecule has 8 heteroatoms. The Balaban J connectivity index is 1.63. The van der Waals surface area contributed by atoms with E-state index in [4.69, 9.17) is 0 Å². The minimum atomic E-state index is -0.469. The smallest absolute Gasteiger partial charge is 0.358 e. The van der Waals surface area contributed by atoms with Crippen LogP contribution in [0.4, 0.5) is 10.9 Å². The van der Waals surface area contributed by atoms with Crippen molar-refractivity contribution >= 4 is 28.3 Å². The molecule has 1 fully saturated rings. The first-order valence-corrected chi connectivity index (χ1v) is 8.26. The summed E-state index contributed by atoms with van der Waals surface area (Å²) in [5.74, 6) is 0.312. The van der Waals surface area contributed by atoms with Gasteiger partial charge in [0.15, 0.2) is 16.6 Å². The first kappa shape index (κ1) is 15.7. The summed E-state index contributed by atoms with van der Waals surface area (Å²) >= 11 is 1.74. The Morgan fingerprint density at radius 3 is 2.35 bits per heavy atom. The fourth-order valence-corrected chi connectivity index (χ4v) is 3.39. The minimum Gasteiger partial charge on any atom is -0.464 e. The molecule has 1 aliphatic rings. The molecule has 1 saturated heterocycles. The zero-order valence-electron chi connectivity index (χ0n) is 13.4. The van der Waals surface area contributed by atoms with Crippen molar-refractivity contribution in [3.63, 3.8) is 0 Å². The maximum atomic E-state index is 11.4. The Bertz CT molecular complexity index is 673. The molecule has 0 spiro atoms. The average Bonchev–Trinajstić information content (AvgIpc) is 2.93. The van der Waals surface area contributed by atoms with Crippen molar-refractivity contribution in [2.45, 2.75) is 13.8 Å². The second-order valence-corrected chi connectivity index (χ2v) is 6.56. The van der Waals surface area contributed by atoms with Crippen LogP contribution in [0.25, 0.3) is 0 Å². The molecule has 1 aliphatic heterocycles. The fourth-order valence-electron chi connectivity index (χ4n) is 2.43. The minimum absolute atomic E-state index is 0.226. The van der Waals surface area contributed by atoms with E-state index in [9.17, 15) is 4.79 Å². The number of carbonyl (C=O) groups excluding carboxylic acids is 1. The van der Waals surface area contributed by atoms with Gasteiger partial charge in [-0.3, -0.25) is 0 Å². The van der Waals surface area contributed by atoms with Crippen LogP contribution >= 0.6 is 11.3 Å². The number of hydrogen-bond acceptors (Lipinski definition) is 8. The molecule has 0 bridgehead atoms. The Labute approximate surface area is 138 Å². The van der Waals surface area contributed by atoms with E-state index in [0.717, 1.165) is 42.8 Å². The Morgan fingerprint density at radius 2 is 1.83 bits per heavy atom. The SMILES string of the molecule is COC(=O)c1ccc(N2CCN(c3nc(C)c(C)s3)CC2)nn1. The molecule has 2 aromatic rings. The molecular weight excluding hydrogens is 314 g/mol. The van der Waals surface area contributed by atoms with Gasteiger partial charge in [0.2, 0.25) is 0 Å². The summed E-state index contributed by atoms with van der Waals surface area (Å²) in [5.41, 5.74) is 1.33. The number of carbonyl (C=O) groups is 1. The summed E-state index contributed by atoms with van der Waals surface area (Å²) in [5, 5.41) is 9.15. The van der Waals surface area contributed by atoms with Gasteiger partial charge in [0, 0.05) is 31.1 Å². The standard InChI is InChI=1S/C15H19N5O2S/c1-10-11(2)23-15(16-10)20-8-6-19(7-9-20)13-5-4-12(17-18-13)14(21)22-3/h4-5H,6-9H2,1-3H3. The maximum Gasteiger partial charge on any atom is 0.358 e. The zero-order valence-corrected chi connectivity index (χ0v) is 14.3. The third-order valence-electron chi connectivity index (χ3n) is 3.94. The number of nitrogens with zero attached hydrogens (tertiary/aromatic N) is 5. The fraction of sp³-hybridized carbons (Fsp3) is 0.467. The van der Waals surface area contributed by atoms with E-state index in [1.54, 1.807) is 17.4 Å². The van der Waals surface area contributed by atoms with E-state index in [1.165, 1.54) is 12.0 Å². The number of piperazine rings is 1. The van der Waals surface area contributed by atoms with E-state index < -0.39 is 5.97 Å². The molecule has 0 amide bonds. The van der Waals surface area contributed by atoms with E-state index in [1.807, 2.05) is 13.0 Å². The molecule has 3 rings (SSSR count). The third-order valence-corrected chi connectivity index (χ3v) is 5.07. The number of anilines is 2. The molecule has 0 aromatic carbocycles. The molecule has 0 unspecified atom stereocenters. The lowest BCUT2D eigenvalue weighted by atomic mass is 10.3. The number of aryl methyl sites for hydroxylation is 2. The molecule has 2 aromatic heterocycles. The Morgan fingerprint density at radius 1 is 1.13 bits per heavy atom. The van der Waals surface area contributed by atoms with Crippen molar-refractivity contribution < 1.29 is 9.53 Å². The number of rotatable bonds is 3. The highest BCUT2D eigenvalue weighted by molar-refractivity contribution is 7.15. The van der Waals surface area contributed by atoms with Crippen LogP contribution in [0.15, 0.2) is 12.1 Å². The van der Waals surface area contributed by atoms with Crippen molar-refractivity contribution in [2.75, 3.05) is 43.1 Å². The summed E-state index contributed by atoms with van der Waals surface area (Å²) < 4.78 is 4.63. The maximum absolute atomic E-state index is 11.4. The van der Waals surface area contributed by atoms with Gasteiger partial charge in [0.05, 0.1) is 12.8 Å². The van der Waals surface area contributed by atoms with Crippen LogP contribution in [-0.2, 0) is 4.74 Å². The quantitative estimate of drug-likeness (QED) is 0.791. The Kier molecular flexibility index (Phi) is 4.42. The molecule has 3 heterocycles. The summed E-state index contributed by atoms with van der Waals surface area (Å²) in [4.78, 5) is 21.7. The van der Waals surface area contributed by atoms with Gasteiger partial charge < -0.3 is 14.5 Å². The van der Waals surface area contributed by atoms with Gasteiger partial charge in [-0.1, -0.05) is 0 Å². The predicted molar refractivity (Wildman–Crippen MR) is 89.4 cm³/mol. The molecule has 0 atom stereocenters. The number of esters is 1. The van der Waals surface area contributed by atoms with Crippen LogP contribution in [0.2, 0.25) is 0 Å². The summed E-state index contributed by atoms with van der Waals surface area (Å²) in [6.07, 6.45) is 0. The number of aromatic nitrogens is 3. The van der Waals surface area contributed by atoms with Crippen LogP contribution < -0.4 is 9.80 Å².